The molecular formula is C29H41N3O. The average molecular weight is 448 g/mol. The van der Waals surface area contributed by atoms with Gasteiger partial charge in [-0.2, -0.15) is 10.4 Å². The van der Waals surface area contributed by atoms with Crippen LogP contribution in [0.2, 0.25) is 0 Å². The molecule has 33 heavy (non-hydrogen) atoms. The van der Waals surface area contributed by atoms with E-state index in [1.54, 1.807) is 4.68 Å². The molecule has 1 aromatic rings. The fourth-order valence-corrected chi connectivity index (χ4v) is 9.62. The summed E-state index contributed by atoms with van der Waals surface area (Å²) in [5.41, 5.74) is 1.80. The Morgan fingerprint density at radius 2 is 1.97 bits per heavy atom. The largest absolute Gasteiger partial charge is 0.297 e. The molecule has 0 amide bonds. The van der Waals surface area contributed by atoms with Gasteiger partial charge >= 0.3 is 0 Å². The van der Waals surface area contributed by atoms with Crippen molar-refractivity contribution < 1.29 is 4.79 Å². The lowest BCUT2D eigenvalue weighted by Gasteiger charge is -2.56. The summed E-state index contributed by atoms with van der Waals surface area (Å²) in [4.78, 5) is 13.8. The minimum absolute atomic E-state index is 0.187. The quantitative estimate of drug-likeness (QED) is 0.489. The van der Waals surface area contributed by atoms with Crippen molar-refractivity contribution in [1.82, 2.24) is 9.78 Å². The van der Waals surface area contributed by atoms with Crippen LogP contribution in [0, 0.1) is 64.1 Å². The first-order valence-electron chi connectivity index (χ1n) is 14.0. The summed E-state index contributed by atoms with van der Waals surface area (Å²) in [6, 6.07) is 2.31. The van der Waals surface area contributed by atoms with Crippen molar-refractivity contribution in [3.05, 3.63) is 17.5 Å². The van der Waals surface area contributed by atoms with Gasteiger partial charge in [-0.3, -0.25) is 9.48 Å². The van der Waals surface area contributed by atoms with Crippen LogP contribution in [0.4, 0.5) is 0 Å². The van der Waals surface area contributed by atoms with E-state index in [1.807, 2.05) is 6.20 Å². The molecule has 9 unspecified atom stereocenters. The molecule has 0 radical (unpaired) electrons. The molecule has 0 bridgehead atoms. The number of rotatable bonds is 7. The minimum atomic E-state index is 0.187. The maximum Gasteiger partial charge on any atom is 0.158 e. The maximum atomic E-state index is 13.8. The summed E-state index contributed by atoms with van der Waals surface area (Å²) < 4.78 is 1.80. The van der Waals surface area contributed by atoms with E-state index < -0.39 is 0 Å². The van der Waals surface area contributed by atoms with Gasteiger partial charge in [0, 0.05) is 18.0 Å². The first-order chi connectivity index (χ1) is 16.0. The molecule has 5 saturated carbocycles. The van der Waals surface area contributed by atoms with Crippen LogP contribution in [0.5, 0.6) is 0 Å². The van der Waals surface area contributed by atoms with Gasteiger partial charge in [0.25, 0.3) is 0 Å². The Balaban J connectivity index is 1.23. The number of Topliss-reactive ketones (excluding diaryl/α,β-unsaturated/α-hetero) is 1. The number of nitrogens with zero attached hydrogens (tertiary/aromatic N) is 3. The number of aromatic nitrogens is 2. The van der Waals surface area contributed by atoms with Crippen LogP contribution in [-0.4, -0.2) is 15.6 Å². The predicted octanol–water partition coefficient (Wildman–Crippen LogP) is 6.35. The number of fused-ring (bicyclic) bond motifs is 5. The Kier molecular flexibility index (Phi) is 5.28. The first kappa shape index (κ1) is 21.9. The average Bonchev–Trinajstić information content (AvgIpc) is 3.72. The number of ketones is 1. The van der Waals surface area contributed by atoms with E-state index in [-0.39, 0.29) is 11.3 Å². The number of hydrogen-bond donors (Lipinski definition) is 0. The Morgan fingerprint density at radius 3 is 2.67 bits per heavy atom. The van der Waals surface area contributed by atoms with Gasteiger partial charge in [-0.25, -0.2) is 0 Å². The van der Waals surface area contributed by atoms with Crippen LogP contribution in [0.15, 0.2) is 6.20 Å². The molecule has 5 aliphatic rings. The summed E-state index contributed by atoms with van der Waals surface area (Å²) in [6.45, 7) is 7.63. The lowest BCUT2D eigenvalue weighted by Crippen LogP contribution is -2.50. The molecule has 4 heteroatoms. The minimum Gasteiger partial charge on any atom is -0.297 e. The summed E-state index contributed by atoms with van der Waals surface area (Å²) in [5, 5.41) is 14.2. The second kappa shape index (κ2) is 7.96. The summed E-state index contributed by atoms with van der Waals surface area (Å²) in [6.07, 6.45) is 14.9. The van der Waals surface area contributed by atoms with E-state index in [0.717, 1.165) is 54.0 Å². The molecule has 6 rings (SSSR count). The van der Waals surface area contributed by atoms with Gasteiger partial charge in [-0.1, -0.05) is 40.0 Å². The first-order valence-corrected chi connectivity index (χ1v) is 14.0. The summed E-state index contributed by atoms with van der Waals surface area (Å²) in [7, 11) is 0. The third-order valence-electron chi connectivity index (χ3n) is 11.0. The van der Waals surface area contributed by atoms with Gasteiger partial charge in [0.1, 0.15) is 6.07 Å². The molecule has 5 aliphatic carbocycles. The van der Waals surface area contributed by atoms with Crippen LogP contribution in [0.3, 0.4) is 0 Å². The second-order valence-corrected chi connectivity index (χ2v) is 12.6. The number of carbonyl (C=O) groups is 1. The van der Waals surface area contributed by atoms with Crippen LogP contribution in [0.1, 0.15) is 102 Å². The highest BCUT2D eigenvalue weighted by atomic mass is 16.1. The molecule has 0 spiro atoms. The summed E-state index contributed by atoms with van der Waals surface area (Å²) in [5.74, 6) is 6.84. The molecule has 4 nitrogen and oxygen atoms in total. The van der Waals surface area contributed by atoms with Gasteiger partial charge in [0.15, 0.2) is 5.78 Å². The molecule has 0 N–H and O–H groups in total. The Bertz CT molecular complexity index is 970. The van der Waals surface area contributed by atoms with Crippen LogP contribution in [-0.2, 0) is 11.3 Å². The van der Waals surface area contributed by atoms with E-state index in [4.69, 9.17) is 5.10 Å². The highest BCUT2D eigenvalue weighted by Crippen LogP contribution is 2.74. The molecule has 0 aliphatic heterocycles. The third kappa shape index (κ3) is 3.35. The Labute approximate surface area is 199 Å². The number of nitriles is 1. The zero-order valence-corrected chi connectivity index (χ0v) is 20.8. The van der Waals surface area contributed by atoms with Gasteiger partial charge in [-0.05, 0) is 91.8 Å². The molecule has 1 aromatic heterocycles. The molecule has 178 valence electrons. The smallest absolute Gasteiger partial charge is 0.158 e. The number of hydrogen-bond acceptors (Lipinski definition) is 3. The van der Waals surface area contributed by atoms with Crippen molar-refractivity contribution in [1.29, 1.82) is 5.26 Å². The van der Waals surface area contributed by atoms with Gasteiger partial charge in [0.2, 0.25) is 0 Å². The SMILES string of the molecule is CCCC1C(CC)CCC2C1CCC1(C)C(C(=O)Cn3cc(C#N)c(C4CC4)n3)C3CC3C21. The van der Waals surface area contributed by atoms with E-state index in [1.165, 1.54) is 51.4 Å². The summed E-state index contributed by atoms with van der Waals surface area (Å²) >= 11 is 0. The van der Waals surface area contributed by atoms with Crippen molar-refractivity contribution in [3.8, 4) is 6.07 Å². The second-order valence-electron chi connectivity index (χ2n) is 12.6. The molecule has 0 saturated heterocycles. The van der Waals surface area contributed by atoms with Crippen molar-refractivity contribution in [2.45, 2.75) is 97.4 Å². The van der Waals surface area contributed by atoms with Crippen molar-refractivity contribution in [2.24, 2.45) is 52.8 Å². The monoisotopic (exact) mass is 447 g/mol. The lowest BCUT2D eigenvalue weighted by atomic mass is 9.49. The zero-order chi connectivity index (χ0) is 22.9. The van der Waals surface area contributed by atoms with E-state index in [0.29, 0.717) is 29.7 Å². The van der Waals surface area contributed by atoms with Gasteiger partial charge in [0.05, 0.1) is 17.8 Å². The fraction of sp³-hybridized carbons (Fsp3) is 0.828. The van der Waals surface area contributed by atoms with Gasteiger partial charge in [-0.15, -0.1) is 0 Å². The zero-order valence-electron chi connectivity index (χ0n) is 20.8. The Morgan fingerprint density at radius 1 is 1.15 bits per heavy atom. The maximum absolute atomic E-state index is 13.8. The highest BCUT2D eigenvalue weighted by molar-refractivity contribution is 5.83. The fourth-order valence-electron chi connectivity index (χ4n) is 9.62. The van der Waals surface area contributed by atoms with E-state index in [9.17, 15) is 10.1 Å². The van der Waals surface area contributed by atoms with E-state index >= 15 is 0 Å². The standard InChI is InChI=1S/C29H41N3O/c1-4-6-20-17(5-2)9-10-22-21(20)11-12-29(3)26(22)23-13-24(23)27(29)25(33)16-32-15-19(14-30)28(31-32)18-7-8-18/h15,17-18,20-24,26-27H,4-13,16H2,1-3H3. The highest BCUT2D eigenvalue weighted by Gasteiger charge is 2.70. The van der Waals surface area contributed by atoms with E-state index in [2.05, 4.69) is 26.8 Å². The van der Waals surface area contributed by atoms with Gasteiger partial charge < -0.3 is 0 Å². The predicted molar refractivity (Wildman–Crippen MR) is 128 cm³/mol. The molecule has 0 aromatic carbocycles. The molecule has 5 fully saturated rings. The number of carbonyl (C=O) groups excluding carboxylic acids is 1. The Hall–Kier alpha value is -1.63. The molecule has 9 atom stereocenters. The lowest BCUT2D eigenvalue weighted by molar-refractivity contribution is -0.133. The van der Waals surface area contributed by atoms with Crippen molar-refractivity contribution in [3.63, 3.8) is 0 Å². The molecular weight excluding hydrogens is 406 g/mol. The van der Waals surface area contributed by atoms with Crippen molar-refractivity contribution in [2.75, 3.05) is 0 Å². The van der Waals surface area contributed by atoms with Crippen LogP contribution in [0.25, 0.3) is 0 Å². The van der Waals surface area contributed by atoms with Crippen LogP contribution < -0.4 is 0 Å². The topological polar surface area (TPSA) is 58.7 Å². The normalized spacial score (nSPS) is 43.3. The molecule has 1 heterocycles. The third-order valence-corrected chi connectivity index (χ3v) is 11.0. The van der Waals surface area contributed by atoms with Crippen molar-refractivity contribution >= 4 is 5.78 Å². The van der Waals surface area contributed by atoms with Crippen LogP contribution >= 0.6 is 0 Å².